The van der Waals surface area contributed by atoms with E-state index in [1.807, 2.05) is 0 Å². The van der Waals surface area contributed by atoms with Gasteiger partial charge in [-0.15, -0.1) is 0 Å². The second-order valence-corrected chi connectivity index (χ2v) is 5.04. The number of hydrogen-bond acceptors (Lipinski definition) is 1. The lowest BCUT2D eigenvalue weighted by Gasteiger charge is -2.08. The van der Waals surface area contributed by atoms with Crippen molar-refractivity contribution in [2.75, 3.05) is 6.54 Å². The van der Waals surface area contributed by atoms with Crippen molar-refractivity contribution < 1.29 is 9.18 Å². The van der Waals surface area contributed by atoms with Gasteiger partial charge >= 0.3 is 0 Å². The molecule has 86 valence electrons. The summed E-state index contributed by atoms with van der Waals surface area (Å²) in [5, 5.41) is 2.75. The zero-order chi connectivity index (χ0) is 11.7. The highest BCUT2D eigenvalue weighted by molar-refractivity contribution is 9.10. The monoisotopic (exact) mass is 285 g/mol. The van der Waals surface area contributed by atoms with Crippen LogP contribution in [0.5, 0.6) is 0 Å². The van der Waals surface area contributed by atoms with Crippen molar-refractivity contribution in [3.8, 4) is 0 Å². The van der Waals surface area contributed by atoms with E-state index in [1.54, 1.807) is 13.0 Å². The number of amides is 1. The minimum atomic E-state index is -0.442. The molecule has 2 nitrogen and oxygen atoms in total. The van der Waals surface area contributed by atoms with Crippen LogP contribution in [0.25, 0.3) is 0 Å². The van der Waals surface area contributed by atoms with Gasteiger partial charge in [0.15, 0.2) is 0 Å². The summed E-state index contributed by atoms with van der Waals surface area (Å²) in [6.07, 6.45) is 2.34. The SMILES string of the molecule is Cc1c(Br)ccc(C(=O)NCC2CC2)c1F. The topological polar surface area (TPSA) is 29.1 Å². The van der Waals surface area contributed by atoms with E-state index in [1.165, 1.54) is 18.9 Å². The lowest BCUT2D eigenvalue weighted by Crippen LogP contribution is -2.26. The Morgan fingerprint density at radius 3 is 2.88 bits per heavy atom. The standard InChI is InChI=1S/C12H13BrFNO/c1-7-10(13)5-4-9(11(7)14)12(16)15-6-8-2-3-8/h4-5,8H,2-3,6H2,1H3,(H,15,16). The van der Waals surface area contributed by atoms with Crippen molar-refractivity contribution in [3.05, 3.63) is 33.5 Å². The number of carbonyl (C=O) groups is 1. The molecule has 0 saturated heterocycles. The quantitative estimate of drug-likeness (QED) is 0.909. The fraction of sp³-hybridized carbons (Fsp3) is 0.417. The summed E-state index contributed by atoms with van der Waals surface area (Å²) in [6, 6.07) is 3.21. The number of nitrogens with one attached hydrogen (secondary N) is 1. The Hall–Kier alpha value is -0.900. The minimum absolute atomic E-state index is 0.126. The van der Waals surface area contributed by atoms with Gasteiger partial charge in [0.1, 0.15) is 5.82 Å². The molecule has 0 aliphatic heterocycles. The van der Waals surface area contributed by atoms with Crippen molar-refractivity contribution in [2.45, 2.75) is 19.8 Å². The maximum absolute atomic E-state index is 13.8. The zero-order valence-corrected chi connectivity index (χ0v) is 10.6. The summed E-state index contributed by atoms with van der Waals surface area (Å²) in [7, 11) is 0. The second-order valence-electron chi connectivity index (χ2n) is 4.19. The average Bonchev–Trinajstić information content (AvgIpc) is 3.07. The summed E-state index contributed by atoms with van der Waals surface area (Å²) >= 11 is 3.23. The second kappa shape index (κ2) is 4.53. The molecule has 1 amide bonds. The molecule has 1 aromatic carbocycles. The van der Waals surface area contributed by atoms with Crippen molar-refractivity contribution in [1.82, 2.24) is 5.32 Å². The largest absolute Gasteiger partial charge is 0.352 e. The van der Waals surface area contributed by atoms with Crippen molar-refractivity contribution in [1.29, 1.82) is 0 Å². The molecule has 1 fully saturated rings. The van der Waals surface area contributed by atoms with Gasteiger partial charge in [-0.2, -0.15) is 0 Å². The van der Waals surface area contributed by atoms with E-state index in [0.717, 1.165) is 0 Å². The third-order valence-electron chi connectivity index (χ3n) is 2.81. The average molecular weight is 286 g/mol. The van der Waals surface area contributed by atoms with Gasteiger partial charge in [-0.1, -0.05) is 15.9 Å². The third-order valence-corrected chi connectivity index (χ3v) is 3.67. The van der Waals surface area contributed by atoms with Crippen LogP contribution >= 0.6 is 15.9 Å². The fourth-order valence-electron chi connectivity index (χ4n) is 1.49. The van der Waals surface area contributed by atoms with Gasteiger partial charge in [0.2, 0.25) is 0 Å². The molecule has 2 rings (SSSR count). The first-order valence-corrected chi connectivity index (χ1v) is 6.11. The molecular weight excluding hydrogens is 273 g/mol. The molecule has 0 spiro atoms. The van der Waals surface area contributed by atoms with Gasteiger partial charge in [0.05, 0.1) is 5.56 Å². The lowest BCUT2D eigenvalue weighted by molar-refractivity contribution is 0.0947. The fourth-order valence-corrected chi connectivity index (χ4v) is 1.80. The zero-order valence-electron chi connectivity index (χ0n) is 9.02. The summed E-state index contributed by atoms with van der Waals surface area (Å²) in [5.74, 6) is -0.161. The molecule has 1 aromatic rings. The molecule has 0 atom stereocenters. The van der Waals surface area contributed by atoms with E-state index in [-0.39, 0.29) is 11.5 Å². The van der Waals surface area contributed by atoms with E-state index in [2.05, 4.69) is 21.2 Å². The van der Waals surface area contributed by atoms with Gasteiger partial charge in [-0.3, -0.25) is 4.79 Å². The van der Waals surface area contributed by atoms with Crippen LogP contribution in [0.15, 0.2) is 16.6 Å². The summed E-state index contributed by atoms with van der Waals surface area (Å²) in [6.45, 7) is 2.31. The van der Waals surface area contributed by atoms with Crippen molar-refractivity contribution >= 4 is 21.8 Å². The Morgan fingerprint density at radius 2 is 2.25 bits per heavy atom. The summed E-state index contributed by atoms with van der Waals surface area (Å²) in [5.41, 5.74) is 0.598. The highest BCUT2D eigenvalue weighted by Crippen LogP contribution is 2.28. The Labute approximate surface area is 102 Å². The van der Waals surface area contributed by atoms with E-state index in [0.29, 0.717) is 22.5 Å². The molecule has 0 aromatic heterocycles. The van der Waals surface area contributed by atoms with Crippen LogP contribution in [0.2, 0.25) is 0 Å². The summed E-state index contributed by atoms with van der Waals surface area (Å²) < 4.78 is 14.4. The number of hydrogen-bond donors (Lipinski definition) is 1. The normalized spacial score (nSPS) is 14.9. The molecule has 0 radical (unpaired) electrons. The smallest absolute Gasteiger partial charge is 0.254 e. The predicted octanol–water partition coefficient (Wildman–Crippen LogP) is 3.04. The molecule has 4 heteroatoms. The number of rotatable bonds is 3. The molecule has 1 saturated carbocycles. The predicted molar refractivity (Wildman–Crippen MR) is 63.9 cm³/mol. The third kappa shape index (κ3) is 2.43. The Morgan fingerprint density at radius 1 is 1.56 bits per heavy atom. The van der Waals surface area contributed by atoms with E-state index >= 15 is 0 Å². The van der Waals surface area contributed by atoms with Gasteiger partial charge in [0, 0.05) is 11.0 Å². The minimum Gasteiger partial charge on any atom is -0.352 e. The molecule has 0 heterocycles. The first-order valence-electron chi connectivity index (χ1n) is 5.32. The molecular formula is C12H13BrFNO. The van der Waals surface area contributed by atoms with Crippen LogP contribution in [0.1, 0.15) is 28.8 Å². The van der Waals surface area contributed by atoms with Crippen LogP contribution in [0, 0.1) is 18.7 Å². The highest BCUT2D eigenvalue weighted by atomic mass is 79.9. The van der Waals surface area contributed by atoms with E-state index in [9.17, 15) is 9.18 Å². The molecule has 1 N–H and O–H groups in total. The Bertz CT molecular complexity index is 429. The lowest BCUT2D eigenvalue weighted by atomic mass is 10.1. The molecule has 16 heavy (non-hydrogen) atoms. The van der Waals surface area contributed by atoms with Gasteiger partial charge in [0.25, 0.3) is 5.91 Å². The molecule has 0 bridgehead atoms. The molecule has 0 unspecified atom stereocenters. The van der Waals surface area contributed by atoms with Gasteiger partial charge < -0.3 is 5.32 Å². The highest BCUT2D eigenvalue weighted by Gasteiger charge is 2.23. The van der Waals surface area contributed by atoms with Crippen LogP contribution < -0.4 is 5.32 Å². The van der Waals surface area contributed by atoms with Crippen LogP contribution in [0.3, 0.4) is 0 Å². The number of halogens is 2. The first kappa shape index (κ1) is 11.6. The number of carbonyl (C=O) groups excluding carboxylic acids is 1. The van der Waals surface area contributed by atoms with Crippen molar-refractivity contribution in [2.24, 2.45) is 5.92 Å². The van der Waals surface area contributed by atoms with E-state index < -0.39 is 5.82 Å². The summed E-state index contributed by atoms with van der Waals surface area (Å²) in [4.78, 5) is 11.7. The Balaban J connectivity index is 2.12. The van der Waals surface area contributed by atoms with E-state index in [4.69, 9.17) is 0 Å². The maximum Gasteiger partial charge on any atom is 0.254 e. The van der Waals surface area contributed by atoms with Gasteiger partial charge in [-0.05, 0) is 43.4 Å². The number of benzene rings is 1. The Kier molecular flexibility index (Phi) is 3.28. The first-order chi connectivity index (χ1) is 7.59. The van der Waals surface area contributed by atoms with Crippen LogP contribution in [-0.2, 0) is 0 Å². The van der Waals surface area contributed by atoms with Crippen molar-refractivity contribution in [3.63, 3.8) is 0 Å². The maximum atomic E-state index is 13.8. The molecule has 1 aliphatic carbocycles. The van der Waals surface area contributed by atoms with Gasteiger partial charge in [-0.25, -0.2) is 4.39 Å². The van der Waals surface area contributed by atoms with Crippen LogP contribution in [-0.4, -0.2) is 12.5 Å². The van der Waals surface area contributed by atoms with Crippen LogP contribution in [0.4, 0.5) is 4.39 Å². The molecule has 1 aliphatic rings.